The maximum Gasteiger partial charge on any atom is 0.265 e. The number of para-hydroxylation sites is 2. The lowest BCUT2D eigenvalue weighted by atomic mass is 9.89. The minimum absolute atomic E-state index is 0.357. The van der Waals surface area contributed by atoms with E-state index in [-0.39, 0.29) is 11.8 Å². The van der Waals surface area contributed by atoms with Crippen molar-refractivity contribution in [1.82, 2.24) is 4.98 Å². The van der Waals surface area contributed by atoms with Gasteiger partial charge in [0.05, 0.1) is 31.0 Å². The first-order valence-corrected chi connectivity index (χ1v) is 9.21. The average molecular weight is 385 g/mol. The lowest BCUT2D eigenvalue weighted by Gasteiger charge is -2.31. The Morgan fingerprint density at radius 2 is 1.79 bits per heavy atom. The molecule has 0 spiro atoms. The standard InChI is InChI=1S/C23H19N3O3/c1-29-21-12-5-4-11-20(21)26-22(27)18-10-3-2-9-17(18)19(23(26)28)15-24-14-16-8-6-7-13-25-16/h2-13,15,19H,14H2,1H3/t19-/m1/s1. The lowest BCUT2D eigenvalue weighted by molar-refractivity contribution is -0.118. The van der Waals surface area contributed by atoms with Crippen LogP contribution in [0.25, 0.3) is 0 Å². The third-order valence-electron chi connectivity index (χ3n) is 4.78. The van der Waals surface area contributed by atoms with Gasteiger partial charge in [0.25, 0.3) is 5.91 Å². The number of amides is 2. The summed E-state index contributed by atoms with van der Waals surface area (Å²) in [6, 6.07) is 19.7. The van der Waals surface area contributed by atoms with Gasteiger partial charge in [-0.05, 0) is 35.9 Å². The van der Waals surface area contributed by atoms with Crippen molar-refractivity contribution < 1.29 is 14.3 Å². The molecule has 0 saturated carbocycles. The molecule has 0 radical (unpaired) electrons. The van der Waals surface area contributed by atoms with Crippen molar-refractivity contribution in [3.05, 3.63) is 89.7 Å². The van der Waals surface area contributed by atoms with Gasteiger partial charge >= 0.3 is 0 Å². The molecule has 1 atom stereocenters. The molecule has 6 nitrogen and oxygen atoms in total. The highest BCUT2D eigenvalue weighted by Crippen LogP contribution is 2.36. The van der Waals surface area contributed by atoms with E-state index in [9.17, 15) is 9.59 Å². The second kappa shape index (κ2) is 8.06. The van der Waals surface area contributed by atoms with Crippen molar-refractivity contribution >= 4 is 23.7 Å². The van der Waals surface area contributed by atoms with Gasteiger partial charge in [0.1, 0.15) is 5.75 Å². The number of ether oxygens (including phenoxy) is 1. The van der Waals surface area contributed by atoms with Crippen LogP contribution >= 0.6 is 0 Å². The molecule has 0 aliphatic carbocycles. The topological polar surface area (TPSA) is 71.9 Å². The van der Waals surface area contributed by atoms with Crippen LogP contribution < -0.4 is 9.64 Å². The van der Waals surface area contributed by atoms with Crippen molar-refractivity contribution in [3.8, 4) is 5.75 Å². The van der Waals surface area contributed by atoms with Crippen LogP contribution in [0.15, 0.2) is 77.9 Å². The number of imide groups is 1. The second-order valence-electron chi connectivity index (χ2n) is 6.53. The molecule has 1 aromatic heterocycles. The normalized spacial score (nSPS) is 16.2. The number of benzene rings is 2. The molecule has 144 valence electrons. The van der Waals surface area contributed by atoms with Crippen LogP contribution in [-0.2, 0) is 11.3 Å². The number of nitrogens with zero attached hydrogens (tertiary/aromatic N) is 3. The molecular formula is C23H19N3O3. The first-order chi connectivity index (χ1) is 14.2. The zero-order valence-corrected chi connectivity index (χ0v) is 15.9. The number of hydrogen-bond acceptors (Lipinski definition) is 5. The number of hydrogen-bond donors (Lipinski definition) is 0. The van der Waals surface area contributed by atoms with Gasteiger partial charge in [-0.25, -0.2) is 4.90 Å². The van der Waals surface area contributed by atoms with E-state index in [0.717, 1.165) is 5.69 Å². The molecule has 6 heteroatoms. The average Bonchev–Trinajstić information content (AvgIpc) is 2.77. The maximum atomic E-state index is 13.4. The fraction of sp³-hybridized carbons (Fsp3) is 0.130. The van der Waals surface area contributed by atoms with Gasteiger partial charge in [-0.2, -0.15) is 0 Å². The van der Waals surface area contributed by atoms with E-state index in [2.05, 4.69) is 9.98 Å². The summed E-state index contributed by atoms with van der Waals surface area (Å²) in [6.45, 7) is 0.357. The van der Waals surface area contributed by atoms with Crippen molar-refractivity contribution in [2.24, 2.45) is 4.99 Å². The summed E-state index contributed by atoms with van der Waals surface area (Å²) in [4.78, 5) is 36.3. The number of anilines is 1. The zero-order chi connectivity index (χ0) is 20.2. The third-order valence-corrected chi connectivity index (χ3v) is 4.78. The fourth-order valence-electron chi connectivity index (χ4n) is 3.39. The highest BCUT2D eigenvalue weighted by molar-refractivity contribution is 6.29. The van der Waals surface area contributed by atoms with Crippen LogP contribution in [0.3, 0.4) is 0 Å². The smallest absolute Gasteiger partial charge is 0.265 e. The summed E-state index contributed by atoms with van der Waals surface area (Å²) in [6.07, 6.45) is 3.30. The molecule has 0 saturated heterocycles. The minimum atomic E-state index is -0.669. The Morgan fingerprint density at radius 3 is 2.59 bits per heavy atom. The van der Waals surface area contributed by atoms with Crippen molar-refractivity contribution in [3.63, 3.8) is 0 Å². The zero-order valence-electron chi connectivity index (χ0n) is 15.9. The Bertz CT molecular complexity index is 1080. The number of carbonyl (C=O) groups excluding carboxylic acids is 2. The van der Waals surface area contributed by atoms with Crippen molar-refractivity contribution in [2.75, 3.05) is 12.0 Å². The fourth-order valence-corrected chi connectivity index (χ4v) is 3.39. The van der Waals surface area contributed by atoms with E-state index >= 15 is 0 Å². The SMILES string of the molecule is COc1ccccc1N1C(=O)c2ccccc2[C@@H](C=NCc2ccccn2)C1=O. The van der Waals surface area contributed by atoms with Crippen molar-refractivity contribution in [1.29, 1.82) is 0 Å². The Morgan fingerprint density at radius 1 is 1.03 bits per heavy atom. The molecule has 0 unspecified atom stereocenters. The molecule has 2 heterocycles. The Balaban J connectivity index is 1.73. The number of aliphatic imine (C=N–C) groups is 1. The summed E-state index contributed by atoms with van der Waals surface area (Å²) in [7, 11) is 1.51. The van der Waals surface area contributed by atoms with E-state index in [1.54, 1.807) is 54.9 Å². The van der Waals surface area contributed by atoms with Gasteiger partial charge in [-0.15, -0.1) is 0 Å². The quantitative estimate of drug-likeness (QED) is 0.497. The molecule has 1 aliphatic rings. The molecule has 4 rings (SSSR count). The highest BCUT2D eigenvalue weighted by atomic mass is 16.5. The van der Waals surface area contributed by atoms with Gasteiger partial charge < -0.3 is 4.74 Å². The summed E-state index contributed by atoms with van der Waals surface area (Å²) < 4.78 is 5.37. The molecule has 0 fully saturated rings. The molecular weight excluding hydrogens is 366 g/mol. The number of pyridine rings is 1. The molecule has 0 N–H and O–H groups in total. The van der Waals surface area contributed by atoms with Gasteiger partial charge in [0.15, 0.2) is 0 Å². The molecule has 1 aliphatic heterocycles. The Kier molecular flexibility index (Phi) is 5.16. The van der Waals surface area contributed by atoms with Gasteiger partial charge in [0, 0.05) is 18.0 Å². The first-order valence-electron chi connectivity index (χ1n) is 9.21. The molecule has 2 amide bonds. The summed E-state index contributed by atoms with van der Waals surface area (Å²) in [5.41, 5.74) is 2.35. The van der Waals surface area contributed by atoms with Crippen LogP contribution in [0.5, 0.6) is 5.75 Å². The van der Waals surface area contributed by atoms with E-state index in [0.29, 0.717) is 29.1 Å². The first kappa shape index (κ1) is 18.6. The minimum Gasteiger partial charge on any atom is -0.495 e. The highest BCUT2D eigenvalue weighted by Gasteiger charge is 2.39. The predicted octanol–water partition coefficient (Wildman–Crippen LogP) is 3.63. The van der Waals surface area contributed by atoms with Gasteiger partial charge in [-0.3, -0.25) is 19.6 Å². The third kappa shape index (κ3) is 3.52. The monoisotopic (exact) mass is 385 g/mol. The Hall–Kier alpha value is -3.80. The van der Waals surface area contributed by atoms with E-state index in [1.807, 2.05) is 24.3 Å². The number of aromatic nitrogens is 1. The molecule has 2 aromatic carbocycles. The molecule has 29 heavy (non-hydrogen) atoms. The number of fused-ring (bicyclic) bond motifs is 1. The van der Waals surface area contributed by atoms with Gasteiger partial charge in [0.2, 0.25) is 5.91 Å². The summed E-state index contributed by atoms with van der Waals surface area (Å²) in [5, 5.41) is 0. The second-order valence-corrected chi connectivity index (χ2v) is 6.53. The molecule has 3 aromatic rings. The van der Waals surface area contributed by atoms with E-state index in [4.69, 9.17) is 4.74 Å². The number of methoxy groups -OCH3 is 1. The Labute approximate surface area is 168 Å². The van der Waals surface area contributed by atoms with Crippen LogP contribution in [-0.4, -0.2) is 30.1 Å². The van der Waals surface area contributed by atoms with Crippen LogP contribution in [0.1, 0.15) is 27.5 Å². The number of carbonyl (C=O) groups is 2. The van der Waals surface area contributed by atoms with E-state index in [1.165, 1.54) is 12.0 Å². The predicted molar refractivity (Wildman–Crippen MR) is 110 cm³/mol. The largest absolute Gasteiger partial charge is 0.495 e. The summed E-state index contributed by atoms with van der Waals surface area (Å²) in [5.74, 6) is -0.942. The van der Waals surface area contributed by atoms with Crippen LogP contribution in [0.2, 0.25) is 0 Å². The van der Waals surface area contributed by atoms with E-state index < -0.39 is 5.92 Å². The maximum absolute atomic E-state index is 13.4. The number of rotatable bonds is 5. The van der Waals surface area contributed by atoms with Crippen molar-refractivity contribution in [2.45, 2.75) is 12.5 Å². The van der Waals surface area contributed by atoms with Crippen LogP contribution in [0.4, 0.5) is 5.69 Å². The van der Waals surface area contributed by atoms with Gasteiger partial charge in [-0.1, -0.05) is 36.4 Å². The summed E-state index contributed by atoms with van der Waals surface area (Å²) >= 11 is 0. The lowest BCUT2D eigenvalue weighted by Crippen LogP contribution is -2.45. The molecule has 0 bridgehead atoms. The van der Waals surface area contributed by atoms with Crippen LogP contribution in [0, 0.1) is 0 Å².